The molecular weight excluding hydrogens is 414 g/mol. The first-order valence-corrected chi connectivity index (χ1v) is 11.1. The number of ether oxygens (including phenoxy) is 1. The monoisotopic (exact) mass is 439 g/mol. The van der Waals surface area contributed by atoms with Crippen molar-refractivity contribution in [3.8, 4) is 5.75 Å². The van der Waals surface area contributed by atoms with E-state index >= 15 is 0 Å². The van der Waals surface area contributed by atoms with Gasteiger partial charge in [-0.1, -0.05) is 29.3 Å². The average molecular weight is 440 g/mol. The summed E-state index contributed by atoms with van der Waals surface area (Å²) in [5.74, 6) is -0.256. The lowest BCUT2D eigenvalue weighted by atomic mass is 9.77. The van der Waals surface area contributed by atoms with Crippen LogP contribution in [0.5, 0.6) is 5.75 Å². The fraction of sp³-hybridized carbons (Fsp3) is 0.417. The first kappa shape index (κ1) is 20.3. The normalized spacial score (nSPS) is 26.6. The van der Waals surface area contributed by atoms with Crippen molar-refractivity contribution in [2.24, 2.45) is 5.92 Å². The summed E-state index contributed by atoms with van der Waals surface area (Å²) in [5.41, 5.74) is 3.42. The zero-order valence-electron chi connectivity index (χ0n) is 17.9. The third-order valence-corrected chi connectivity index (χ3v) is 7.29. The molecule has 3 aliphatic heterocycles. The molecule has 6 nitrogen and oxygen atoms in total. The molecule has 0 unspecified atom stereocenters. The van der Waals surface area contributed by atoms with Crippen LogP contribution < -0.4 is 15.4 Å². The molecule has 0 saturated carbocycles. The van der Waals surface area contributed by atoms with Gasteiger partial charge in [-0.3, -0.25) is 14.5 Å². The molecule has 2 aromatic rings. The first-order valence-electron chi connectivity index (χ1n) is 10.7. The lowest BCUT2D eigenvalue weighted by Gasteiger charge is -2.36. The van der Waals surface area contributed by atoms with Crippen LogP contribution in [0.15, 0.2) is 30.3 Å². The van der Waals surface area contributed by atoms with Gasteiger partial charge in [0.2, 0.25) is 11.8 Å². The van der Waals surface area contributed by atoms with Crippen LogP contribution in [0.2, 0.25) is 5.02 Å². The van der Waals surface area contributed by atoms with Gasteiger partial charge in [0.1, 0.15) is 11.3 Å². The molecule has 0 bridgehead atoms. The number of halogens is 1. The predicted molar refractivity (Wildman–Crippen MR) is 121 cm³/mol. The molecule has 31 heavy (non-hydrogen) atoms. The SMILES string of the molecule is COc1ccc(Cl)cc1NC(=O)[C@H]1C[C@@H]2CCCN2[C@]12C(=O)Nc1c(C)cc(C)cc12. The lowest BCUT2D eigenvalue weighted by Crippen LogP contribution is -2.53. The number of carbonyl (C=O) groups is 2. The van der Waals surface area contributed by atoms with E-state index in [9.17, 15) is 9.59 Å². The number of aryl methyl sites for hydroxylation is 2. The van der Waals surface area contributed by atoms with Gasteiger partial charge in [-0.25, -0.2) is 0 Å². The lowest BCUT2D eigenvalue weighted by molar-refractivity contribution is -0.135. The molecular formula is C24H26ClN3O3. The molecule has 0 radical (unpaired) electrons. The molecule has 0 aliphatic carbocycles. The maximum absolute atomic E-state index is 13.7. The molecule has 2 aromatic carbocycles. The Hall–Kier alpha value is -2.57. The van der Waals surface area contributed by atoms with Crippen LogP contribution in [0.25, 0.3) is 0 Å². The van der Waals surface area contributed by atoms with E-state index in [-0.39, 0.29) is 17.9 Å². The highest BCUT2D eigenvalue weighted by molar-refractivity contribution is 6.31. The fourth-order valence-corrected chi connectivity index (χ4v) is 6.05. The van der Waals surface area contributed by atoms with Crippen molar-refractivity contribution in [1.29, 1.82) is 0 Å². The number of hydrogen-bond acceptors (Lipinski definition) is 4. The van der Waals surface area contributed by atoms with Gasteiger partial charge < -0.3 is 15.4 Å². The number of nitrogens with zero attached hydrogens (tertiary/aromatic N) is 1. The van der Waals surface area contributed by atoms with Crippen molar-refractivity contribution in [2.75, 3.05) is 24.3 Å². The number of anilines is 2. The van der Waals surface area contributed by atoms with Gasteiger partial charge in [-0.2, -0.15) is 0 Å². The molecule has 2 amide bonds. The Labute approximate surface area is 186 Å². The molecule has 1 spiro atoms. The third kappa shape index (κ3) is 2.88. The Morgan fingerprint density at radius 1 is 1.29 bits per heavy atom. The zero-order valence-corrected chi connectivity index (χ0v) is 18.7. The summed E-state index contributed by atoms with van der Waals surface area (Å²) in [5, 5.41) is 6.63. The first-order chi connectivity index (χ1) is 14.9. The summed E-state index contributed by atoms with van der Waals surface area (Å²) in [7, 11) is 1.55. The molecule has 2 fully saturated rings. The smallest absolute Gasteiger partial charge is 0.250 e. The number of fused-ring (bicyclic) bond motifs is 4. The summed E-state index contributed by atoms with van der Waals surface area (Å²) < 4.78 is 5.40. The van der Waals surface area contributed by atoms with Gasteiger partial charge in [0.05, 0.1) is 18.7 Å². The van der Waals surface area contributed by atoms with Gasteiger partial charge in [0.15, 0.2) is 0 Å². The van der Waals surface area contributed by atoms with Crippen LogP contribution >= 0.6 is 11.6 Å². The number of hydrogen-bond donors (Lipinski definition) is 2. The van der Waals surface area contributed by atoms with E-state index in [0.717, 1.165) is 41.8 Å². The van der Waals surface area contributed by atoms with E-state index in [1.807, 2.05) is 13.8 Å². The highest BCUT2D eigenvalue weighted by Crippen LogP contribution is 2.56. The standard InChI is InChI=1S/C24H26ClN3O3/c1-13-9-14(2)21-17(10-13)24(23(30)27-21)18(12-16-5-4-8-28(16)24)22(29)26-19-11-15(25)6-7-20(19)31-3/h6-7,9-11,16,18H,4-5,8,12H2,1-3H3,(H,26,29)(H,27,30)/t16-,18+,24-/m0/s1. The topological polar surface area (TPSA) is 70.7 Å². The average Bonchev–Trinajstić information content (AvgIpc) is 3.37. The molecule has 3 aliphatic rings. The van der Waals surface area contributed by atoms with E-state index in [1.54, 1.807) is 25.3 Å². The molecule has 2 N–H and O–H groups in total. The fourth-order valence-electron chi connectivity index (χ4n) is 5.88. The highest BCUT2D eigenvalue weighted by atomic mass is 35.5. The van der Waals surface area contributed by atoms with Crippen molar-refractivity contribution in [2.45, 2.75) is 44.7 Å². The second-order valence-corrected chi connectivity index (χ2v) is 9.27. The summed E-state index contributed by atoms with van der Waals surface area (Å²) >= 11 is 6.16. The van der Waals surface area contributed by atoms with Gasteiger partial charge in [-0.05, 0) is 63.4 Å². The van der Waals surface area contributed by atoms with E-state index < -0.39 is 11.5 Å². The molecule has 3 atom stereocenters. The number of nitrogens with one attached hydrogen (secondary N) is 2. The van der Waals surface area contributed by atoms with Crippen molar-refractivity contribution >= 4 is 34.8 Å². The van der Waals surface area contributed by atoms with Crippen LogP contribution in [0.3, 0.4) is 0 Å². The second-order valence-electron chi connectivity index (χ2n) is 8.84. The number of amides is 2. The summed E-state index contributed by atoms with van der Waals surface area (Å²) in [6.45, 7) is 4.86. The van der Waals surface area contributed by atoms with Crippen molar-refractivity contribution in [1.82, 2.24) is 4.90 Å². The number of benzene rings is 2. The molecule has 0 aromatic heterocycles. The molecule has 2 saturated heterocycles. The summed E-state index contributed by atoms with van der Waals surface area (Å²) in [6.07, 6.45) is 2.68. The Morgan fingerprint density at radius 2 is 2.10 bits per heavy atom. The van der Waals surface area contributed by atoms with Gasteiger partial charge >= 0.3 is 0 Å². The summed E-state index contributed by atoms with van der Waals surface area (Å²) in [6, 6.07) is 9.48. The number of methoxy groups -OCH3 is 1. The molecule has 7 heteroatoms. The summed E-state index contributed by atoms with van der Waals surface area (Å²) in [4.78, 5) is 29.6. The maximum atomic E-state index is 13.7. The van der Waals surface area contributed by atoms with Gasteiger partial charge in [-0.15, -0.1) is 0 Å². The van der Waals surface area contributed by atoms with Crippen molar-refractivity contribution < 1.29 is 14.3 Å². The Balaban J connectivity index is 1.61. The predicted octanol–water partition coefficient (Wildman–Crippen LogP) is 4.24. The van der Waals surface area contributed by atoms with E-state index in [4.69, 9.17) is 16.3 Å². The number of carbonyl (C=O) groups excluding carboxylic acids is 2. The second kappa shape index (κ2) is 7.24. The van der Waals surface area contributed by atoms with Crippen LogP contribution in [0.4, 0.5) is 11.4 Å². The van der Waals surface area contributed by atoms with Crippen molar-refractivity contribution in [3.05, 3.63) is 52.0 Å². The van der Waals surface area contributed by atoms with Crippen LogP contribution in [0.1, 0.15) is 36.0 Å². The minimum Gasteiger partial charge on any atom is -0.495 e. The Bertz CT molecular complexity index is 1100. The highest BCUT2D eigenvalue weighted by Gasteiger charge is 2.65. The van der Waals surface area contributed by atoms with Gasteiger partial charge in [0, 0.05) is 22.3 Å². The minimum absolute atomic E-state index is 0.0983. The Morgan fingerprint density at radius 3 is 2.87 bits per heavy atom. The molecule has 5 rings (SSSR count). The van der Waals surface area contributed by atoms with Crippen LogP contribution in [-0.2, 0) is 15.1 Å². The van der Waals surface area contributed by atoms with E-state index in [2.05, 4.69) is 27.7 Å². The largest absolute Gasteiger partial charge is 0.495 e. The minimum atomic E-state index is -0.983. The molecule has 3 heterocycles. The maximum Gasteiger partial charge on any atom is 0.250 e. The Kier molecular flexibility index (Phi) is 4.75. The quantitative estimate of drug-likeness (QED) is 0.750. The van der Waals surface area contributed by atoms with E-state index in [1.165, 1.54) is 0 Å². The number of rotatable bonds is 3. The van der Waals surface area contributed by atoms with Crippen LogP contribution in [-0.4, -0.2) is 36.4 Å². The van der Waals surface area contributed by atoms with Crippen LogP contribution in [0, 0.1) is 19.8 Å². The zero-order chi connectivity index (χ0) is 21.9. The molecule has 162 valence electrons. The van der Waals surface area contributed by atoms with Crippen molar-refractivity contribution in [3.63, 3.8) is 0 Å². The third-order valence-electron chi connectivity index (χ3n) is 7.05. The van der Waals surface area contributed by atoms with Gasteiger partial charge in [0.25, 0.3) is 0 Å². The van der Waals surface area contributed by atoms with E-state index in [0.29, 0.717) is 22.9 Å².